The molecular formula is C26H24N4O2. The minimum Gasteiger partial charge on any atom is -0.497 e. The number of anilines is 1. The summed E-state index contributed by atoms with van der Waals surface area (Å²) < 4.78 is 7.18. The van der Waals surface area contributed by atoms with Gasteiger partial charge in [0, 0.05) is 5.56 Å². The number of hydrogen-bond acceptors (Lipinski definition) is 4. The molecule has 0 unspecified atom stereocenters. The highest BCUT2D eigenvalue weighted by molar-refractivity contribution is 6.06. The van der Waals surface area contributed by atoms with Gasteiger partial charge in [-0.3, -0.25) is 9.69 Å². The molecule has 4 aromatic rings. The third-order valence-corrected chi connectivity index (χ3v) is 6.10. The Hall–Kier alpha value is -3.93. The van der Waals surface area contributed by atoms with Gasteiger partial charge in [-0.25, -0.2) is 4.68 Å². The van der Waals surface area contributed by atoms with Gasteiger partial charge >= 0.3 is 0 Å². The van der Waals surface area contributed by atoms with Crippen molar-refractivity contribution in [2.75, 3.05) is 12.0 Å². The Kier molecular flexibility index (Phi) is 5.19. The molecule has 0 radical (unpaired) electrons. The molecule has 0 aliphatic carbocycles. The summed E-state index contributed by atoms with van der Waals surface area (Å²) in [6.45, 7) is 1.96. The smallest absolute Gasteiger partial charge is 0.261 e. The molecule has 0 saturated carbocycles. The Morgan fingerprint density at radius 3 is 2.31 bits per heavy atom. The number of carbonyl (C=O) groups is 1. The van der Waals surface area contributed by atoms with Gasteiger partial charge in [0.25, 0.3) is 5.91 Å². The molecule has 32 heavy (non-hydrogen) atoms. The average Bonchev–Trinajstić information content (AvgIpc) is 3.33. The topological polar surface area (TPSA) is 60.2 Å². The van der Waals surface area contributed by atoms with E-state index in [2.05, 4.69) is 34.3 Å². The average molecular weight is 425 g/mol. The van der Waals surface area contributed by atoms with Crippen molar-refractivity contribution in [3.63, 3.8) is 0 Å². The molecule has 2 heterocycles. The highest BCUT2D eigenvalue weighted by atomic mass is 16.5. The van der Waals surface area contributed by atoms with Crippen molar-refractivity contribution in [3.05, 3.63) is 107 Å². The van der Waals surface area contributed by atoms with Crippen LogP contribution in [0.15, 0.2) is 85.2 Å². The van der Waals surface area contributed by atoms with Crippen LogP contribution in [0, 0.1) is 6.92 Å². The fourth-order valence-electron chi connectivity index (χ4n) is 4.43. The number of rotatable bonds is 4. The van der Waals surface area contributed by atoms with Crippen molar-refractivity contribution in [1.82, 2.24) is 14.8 Å². The maximum atomic E-state index is 13.8. The van der Waals surface area contributed by atoms with Gasteiger partial charge in [-0.2, -0.15) is 10.1 Å². The predicted octanol–water partition coefficient (Wildman–Crippen LogP) is 4.98. The number of fused-ring (bicyclic) bond motifs is 1. The van der Waals surface area contributed by atoms with Crippen LogP contribution in [-0.2, 0) is 0 Å². The third-order valence-electron chi connectivity index (χ3n) is 6.10. The van der Waals surface area contributed by atoms with E-state index in [-0.39, 0.29) is 18.0 Å². The highest BCUT2D eigenvalue weighted by Crippen LogP contribution is 2.42. The van der Waals surface area contributed by atoms with Crippen LogP contribution in [0.4, 0.5) is 5.95 Å². The molecule has 3 aromatic carbocycles. The zero-order valence-corrected chi connectivity index (χ0v) is 18.1. The van der Waals surface area contributed by atoms with E-state index < -0.39 is 0 Å². The molecule has 0 fully saturated rings. The van der Waals surface area contributed by atoms with Crippen LogP contribution in [0.5, 0.6) is 5.75 Å². The lowest BCUT2D eigenvalue weighted by atomic mass is 9.91. The molecular weight excluding hydrogens is 400 g/mol. The molecule has 0 spiro atoms. The van der Waals surface area contributed by atoms with Gasteiger partial charge in [-0.1, -0.05) is 60.7 Å². The zero-order valence-electron chi connectivity index (χ0n) is 18.1. The SMILES string of the molecule is COc1ccc([C@@H]2C[C@H](c3ccccc3)N(C(=O)c3ccccc3C)c3ncnn32)cc1. The van der Waals surface area contributed by atoms with E-state index in [1.54, 1.807) is 12.0 Å². The van der Waals surface area contributed by atoms with Crippen molar-refractivity contribution >= 4 is 11.9 Å². The lowest BCUT2D eigenvalue weighted by molar-refractivity contribution is 0.0962. The van der Waals surface area contributed by atoms with E-state index in [1.807, 2.05) is 66.2 Å². The zero-order chi connectivity index (χ0) is 22.1. The summed E-state index contributed by atoms with van der Waals surface area (Å²) in [7, 11) is 1.66. The van der Waals surface area contributed by atoms with Crippen LogP contribution in [0.3, 0.4) is 0 Å². The number of methoxy groups -OCH3 is 1. The van der Waals surface area contributed by atoms with E-state index in [4.69, 9.17) is 4.74 Å². The molecule has 0 saturated heterocycles. The normalized spacial score (nSPS) is 17.6. The van der Waals surface area contributed by atoms with Gasteiger partial charge in [0.2, 0.25) is 5.95 Å². The summed E-state index contributed by atoms with van der Waals surface area (Å²) in [6.07, 6.45) is 2.21. The molecule has 6 heteroatoms. The summed E-state index contributed by atoms with van der Waals surface area (Å²) in [4.78, 5) is 20.1. The number of benzene rings is 3. The van der Waals surface area contributed by atoms with Crippen LogP contribution in [0.2, 0.25) is 0 Å². The largest absolute Gasteiger partial charge is 0.497 e. The number of nitrogens with zero attached hydrogens (tertiary/aromatic N) is 4. The number of hydrogen-bond donors (Lipinski definition) is 0. The van der Waals surface area contributed by atoms with Gasteiger partial charge in [0.15, 0.2) is 0 Å². The summed E-state index contributed by atoms with van der Waals surface area (Å²) in [6, 6.07) is 25.6. The lowest BCUT2D eigenvalue weighted by Gasteiger charge is -2.39. The maximum absolute atomic E-state index is 13.8. The number of carbonyl (C=O) groups excluding carboxylic acids is 1. The Morgan fingerprint density at radius 1 is 0.906 bits per heavy atom. The van der Waals surface area contributed by atoms with Crippen molar-refractivity contribution < 1.29 is 9.53 Å². The molecule has 160 valence electrons. The molecule has 1 aliphatic heterocycles. The number of amides is 1. The monoisotopic (exact) mass is 424 g/mol. The Morgan fingerprint density at radius 2 is 1.59 bits per heavy atom. The first-order valence-electron chi connectivity index (χ1n) is 10.6. The molecule has 0 bridgehead atoms. The summed E-state index contributed by atoms with van der Waals surface area (Å²) in [5.74, 6) is 1.29. The Balaban J connectivity index is 1.64. The van der Waals surface area contributed by atoms with E-state index >= 15 is 0 Å². The quantitative estimate of drug-likeness (QED) is 0.464. The van der Waals surface area contributed by atoms with Crippen molar-refractivity contribution in [2.24, 2.45) is 0 Å². The lowest BCUT2D eigenvalue weighted by Crippen LogP contribution is -2.42. The molecule has 2 atom stereocenters. The Labute approximate surface area is 187 Å². The second-order valence-corrected chi connectivity index (χ2v) is 7.95. The summed E-state index contributed by atoms with van der Waals surface area (Å²) >= 11 is 0. The molecule has 6 nitrogen and oxygen atoms in total. The molecule has 5 rings (SSSR count). The Bertz CT molecular complexity index is 1230. The van der Waals surface area contributed by atoms with Gasteiger partial charge in [0.05, 0.1) is 19.2 Å². The summed E-state index contributed by atoms with van der Waals surface area (Å²) in [5.41, 5.74) is 3.78. The van der Waals surface area contributed by atoms with Crippen LogP contribution in [0.25, 0.3) is 0 Å². The first kappa shape index (κ1) is 20.0. The molecule has 1 aromatic heterocycles. The maximum Gasteiger partial charge on any atom is 0.261 e. The highest BCUT2D eigenvalue weighted by Gasteiger charge is 2.39. The van der Waals surface area contributed by atoms with E-state index in [9.17, 15) is 4.79 Å². The van der Waals surface area contributed by atoms with Gasteiger partial charge in [-0.15, -0.1) is 0 Å². The number of aromatic nitrogens is 3. The minimum absolute atomic E-state index is 0.0514. The van der Waals surface area contributed by atoms with Crippen LogP contribution >= 0.6 is 0 Å². The molecule has 1 aliphatic rings. The van der Waals surface area contributed by atoms with Crippen LogP contribution in [0.1, 0.15) is 45.6 Å². The van der Waals surface area contributed by atoms with Crippen LogP contribution < -0.4 is 9.64 Å². The van der Waals surface area contributed by atoms with Crippen molar-refractivity contribution in [1.29, 1.82) is 0 Å². The fraction of sp³-hybridized carbons (Fsp3) is 0.192. The predicted molar refractivity (Wildman–Crippen MR) is 123 cm³/mol. The van der Waals surface area contributed by atoms with Gasteiger partial charge in [-0.05, 0) is 48.2 Å². The molecule has 1 amide bonds. The van der Waals surface area contributed by atoms with Crippen molar-refractivity contribution in [2.45, 2.75) is 25.4 Å². The standard InChI is InChI=1S/C26H24N4O2/c1-18-8-6-7-11-22(18)25(31)29-23(19-9-4-3-5-10-19)16-24(30-26(29)27-17-28-30)20-12-14-21(32-2)15-13-20/h3-15,17,23-24H,16H2,1-2H3/t23-,24+/m1/s1. The minimum atomic E-state index is -0.174. The first-order chi connectivity index (χ1) is 15.7. The summed E-state index contributed by atoms with van der Waals surface area (Å²) in [5, 5.41) is 4.51. The van der Waals surface area contributed by atoms with Gasteiger partial charge in [0.1, 0.15) is 12.1 Å². The first-order valence-corrected chi connectivity index (χ1v) is 10.6. The number of aryl methyl sites for hydroxylation is 1. The molecule has 0 N–H and O–H groups in total. The number of ether oxygens (including phenoxy) is 1. The van der Waals surface area contributed by atoms with Crippen molar-refractivity contribution in [3.8, 4) is 5.75 Å². The second kappa shape index (κ2) is 8.30. The van der Waals surface area contributed by atoms with E-state index in [0.717, 1.165) is 22.4 Å². The van der Waals surface area contributed by atoms with Crippen LogP contribution in [-0.4, -0.2) is 27.8 Å². The van der Waals surface area contributed by atoms with E-state index in [1.165, 1.54) is 6.33 Å². The van der Waals surface area contributed by atoms with Gasteiger partial charge < -0.3 is 4.74 Å². The fourth-order valence-corrected chi connectivity index (χ4v) is 4.43. The van der Waals surface area contributed by atoms with E-state index in [0.29, 0.717) is 17.9 Å². The second-order valence-electron chi connectivity index (χ2n) is 7.95. The third kappa shape index (κ3) is 3.43.